The molecule has 0 aliphatic carbocycles. The Morgan fingerprint density at radius 1 is 1.24 bits per heavy atom. The van der Waals surface area contributed by atoms with Crippen molar-refractivity contribution >= 4 is 56.6 Å². The number of fused-ring (bicyclic) bond motifs is 1. The zero-order valence-electron chi connectivity index (χ0n) is 19.8. The number of morpholine rings is 1. The van der Waals surface area contributed by atoms with Crippen LogP contribution in [0.25, 0.3) is 10.2 Å². The highest BCUT2D eigenvalue weighted by Gasteiger charge is 2.23. The highest BCUT2D eigenvalue weighted by molar-refractivity contribution is 7.23. The zero-order valence-corrected chi connectivity index (χ0v) is 22.2. The van der Waals surface area contributed by atoms with E-state index in [-0.39, 0.29) is 18.3 Å². The number of aromatic nitrogens is 1. The van der Waals surface area contributed by atoms with E-state index >= 15 is 0 Å². The van der Waals surface area contributed by atoms with Crippen LogP contribution in [0.5, 0.6) is 5.75 Å². The van der Waals surface area contributed by atoms with Gasteiger partial charge in [0.1, 0.15) is 11.3 Å². The Hall–Kier alpha value is -1.90. The number of methoxy groups -OCH3 is 1. The Morgan fingerprint density at radius 3 is 2.74 bits per heavy atom. The van der Waals surface area contributed by atoms with E-state index in [0.717, 1.165) is 60.7 Å². The molecule has 1 aliphatic heterocycles. The van der Waals surface area contributed by atoms with Gasteiger partial charge in [-0.25, -0.2) is 4.98 Å². The average Bonchev–Trinajstić information content (AvgIpc) is 3.26. The first-order valence-electron chi connectivity index (χ1n) is 11.3. The number of anilines is 1. The van der Waals surface area contributed by atoms with Crippen molar-refractivity contribution in [3.05, 3.63) is 52.0 Å². The summed E-state index contributed by atoms with van der Waals surface area (Å²) in [6.07, 6.45) is 1.20. The fourth-order valence-electron chi connectivity index (χ4n) is 4.07. The third-order valence-electron chi connectivity index (χ3n) is 6.01. The largest absolute Gasteiger partial charge is 0.494 e. The van der Waals surface area contributed by atoms with Crippen LogP contribution in [0.1, 0.15) is 23.1 Å². The van der Waals surface area contributed by atoms with Gasteiger partial charge in [0, 0.05) is 26.2 Å². The third-order valence-corrected chi connectivity index (χ3v) is 7.54. The Morgan fingerprint density at radius 2 is 2.00 bits per heavy atom. The van der Waals surface area contributed by atoms with Crippen LogP contribution in [0.15, 0.2) is 30.3 Å². The summed E-state index contributed by atoms with van der Waals surface area (Å²) in [5, 5.41) is 1.28. The quantitative estimate of drug-likeness (QED) is 0.401. The molecule has 1 aromatic heterocycles. The minimum Gasteiger partial charge on any atom is -0.494 e. The minimum atomic E-state index is 0. The van der Waals surface area contributed by atoms with E-state index in [9.17, 15) is 4.79 Å². The zero-order chi connectivity index (χ0) is 23.4. The number of halogens is 2. The van der Waals surface area contributed by atoms with E-state index in [0.29, 0.717) is 34.4 Å². The fourth-order valence-corrected chi connectivity index (χ4v) is 5.37. The maximum absolute atomic E-state index is 13.6. The summed E-state index contributed by atoms with van der Waals surface area (Å²) in [4.78, 5) is 22.6. The summed E-state index contributed by atoms with van der Waals surface area (Å²) in [6.45, 7) is 9.03. The van der Waals surface area contributed by atoms with Crippen LogP contribution < -0.4 is 9.64 Å². The maximum Gasteiger partial charge on any atom is 0.233 e. The summed E-state index contributed by atoms with van der Waals surface area (Å²) in [5.41, 5.74) is 4.02. The molecule has 0 bridgehead atoms. The molecule has 0 unspecified atom stereocenters. The molecule has 1 aliphatic rings. The highest BCUT2D eigenvalue weighted by atomic mass is 35.5. The van der Waals surface area contributed by atoms with Crippen molar-refractivity contribution in [2.24, 2.45) is 0 Å². The van der Waals surface area contributed by atoms with Crippen molar-refractivity contribution in [1.29, 1.82) is 0 Å². The average molecular weight is 525 g/mol. The lowest BCUT2D eigenvalue weighted by Crippen LogP contribution is -2.39. The highest BCUT2D eigenvalue weighted by Crippen LogP contribution is 2.39. The predicted molar refractivity (Wildman–Crippen MR) is 142 cm³/mol. The van der Waals surface area contributed by atoms with Crippen molar-refractivity contribution in [2.75, 3.05) is 51.4 Å². The topological polar surface area (TPSA) is 54.9 Å². The number of nitrogens with zero attached hydrogens (tertiary/aromatic N) is 3. The Balaban J connectivity index is 0.00000324. The molecule has 2 aromatic carbocycles. The summed E-state index contributed by atoms with van der Waals surface area (Å²) < 4.78 is 11.8. The standard InChI is InChI=1S/C25H30ClN3O3S.ClH/c1-17-5-6-18(2)19(15-17)16-22(30)29(10-4-9-28-11-13-32-14-12-28)25-27-23-21(31-3)8-7-20(26)24(23)33-25;/h5-8,15H,4,9-14,16H2,1-3H3;1H. The van der Waals surface area contributed by atoms with Gasteiger partial charge in [-0.1, -0.05) is 46.7 Å². The molecule has 1 saturated heterocycles. The third kappa shape index (κ3) is 6.20. The van der Waals surface area contributed by atoms with Gasteiger partial charge in [-0.2, -0.15) is 0 Å². The van der Waals surface area contributed by atoms with E-state index < -0.39 is 0 Å². The van der Waals surface area contributed by atoms with Gasteiger partial charge in [0.15, 0.2) is 5.13 Å². The van der Waals surface area contributed by atoms with Crippen LogP contribution in [0.4, 0.5) is 5.13 Å². The second kappa shape index (κ2) is 12.2. The fraction of sp³-hybridized carbons (Fsp3) is 0.440. The molecule has 4 rings (SSSR count). The van der Waals surface area contributed by atoms with Crippen molar-refractivity contribution in [2.45, 2.75) is 26.7 Å². The van der Waals surface area contributed by atoms with Crippen LogP contribution in [0.3, 0.4) is 0 Å². The van der Waals surface area contributed by atoms with Crippen molar-refractivity contribution in [3.63, 3.8) is 0 Å². The molecular formula is C25H31Cl2N3O3S. The second-order valence-electron chi connectivity index (χ2n) is 8.38. The number of carbonyl (C=O) groups is 1. The molecule has 34 heavy (non-hydrogen) atoms. The van der Waals surface area contributed by atoms with E-state index in [1.54, 1.807) is 7.11 Å². The first-order valence-corrected chi connectivity index (χ1v) is 12.5. The molecule has 0 spiro atoms. The smallest absolute Gasteiger partial charge is 0.233 e. The molecule has 0 saturated carbocycles. The molecule has 0 N–H and O–H groups in total. The Bertz CT molecular complexity index is 1130. The normalized spacial score (nSPS) is 14.1. The number of ether oxygens (including phenoxy) is 2. The van der Waals surface area contributed by atoms with Crippen molar-refractivity contribution < 1.29 is 14.3 Å². The van der Waals surface area contributed by atoms with E-state index in [1.165, 1.54) is 11.3 Å². The first kappa shape index (κ1) is 26.7. The maximum atomic E-state index is 13.6. The number of thiazole rings is 1. The molecule has 2 heterocycles. The molecule has 0 radical (unpaired) electrons. The Labute approximate surface area is 216 Å². The monoisotopic (exact) mass is 523 g/mol. The lowest BCUT2D eigenvalue weighted by molar-refractivity contribution is -0.118. The first-order chi connectivity index (χ1) is 16.0. The summed E-state index contributed by atoms with van der Waals surface area (Å²) in [6, 6.07) is 9.87. The van der Waals surface area contributed by atoms with Crippen LogP contribution in [0.2, 0.25) is 5.02 Å². The van der Waals surface area contributed by atoms with Gasteiger partial charge in [0.2, 0.25) is 5.91 Å². The van der Waals surface area contributed by atoms with E-state index in [4.69, 9.17) is 26.1 Å². The van der Waals surface area contributed by atoms with Gasteiger partial charge in [0.05, 0.1) is 36.5 Å². The summed E-state index contributed by atoms with van der Waals surface area (Å²) in [7, 11) is 1.62. The van der Waals surface area contributed by atoms with Gasteiger partial charge < -0.3 is 9.47 Å². The van der Waals surface area contributed by atoms with E-state index in [1.807, 2.05) is 24.0 Å². The van der Waals surface area contributed by atoms with Crippen LogP contribution in [0, 0.1) is 13.8 Å². The minimum absolute atomic E-state index is 0. The SMILES string of the molecule is COc1ccc(Cl)c2sc(N(CCCN3CCOCC3)C(=O)Cc3cc(C)ccc3C)nc12.Cl. The molecule has 184 valence electrons. The number of hydrogen-bond acceptors (Lipinski definition) is 6. The predicted octanol–water partition coefficient (Wildman–Crippen LogP) is 5.29. The molecular weight excluding hydrogens is 493 g/mol. The van der Waals surface area contributed by atoms with Crippen LogP contribution in [-0.2, 0) is 16.0 Å². The summed E-state index contributed by atoms with van der Waals surface area (Å²) >= 11 is 7.89. The van der Waals surface area contributed by atoms with Crippen LogP contribution >= 0.6 is 35.3 Å². The lowest BCUT2D eigenvalue weighted by atomic mass is 10.0. The van der Waals surface area contributed by atoms with Crippen molar-refractivity contribution in [1.82, 2.24) is 9.88 Å². The second-order valence-corrected chi connectivity index (χ2v) is 9.77. The van der Waals surface area contributed by atoms with Crippen molar-refractivity contribution in [3.8, 4) is 5.75 Å². The molecule has 1 fully saturated rings. The number of rotatable bonds is 8. The number of benzene rings is 2. The molecule has 0 atom stereocenters. The molecule has 1 amide bonds. The van der Waals surface area contributed by atoms with Gasteiger partial charge in [-0.05, 0) is 43.5 Å². The summed E-state index contributed by atoms with van der Waals surface area (Å²) in [5.74, 6) is 0.701. The number of aryl methyl sites for hydroxylation is 2. The number of hydrogen-bond donors (Lipinski definition) is 0. The van der Waals surface area contributed by atoms with Crippen LogP contribution in [-0.4, -0.2) is 62.3 Å². The Kier molecular flexibility index (Phi) is 9.56. The molecule has 6 nitrogen and oxygen atoms in total. The van der Waals surface area contributed by atoms with Gasteiger partial charge in [0.25, 0.3) is 0 Å². The molecule has 9 heteroatoms. The van der Waals surface area contributed by atoms with Gasteiger partial charge in [-0.15, -0.1) is 12.4 Å². The number of carbonyl (C=O) groups excluding carboxylic acids is 1. The number of amides is 1. The van der Waals surface area contributed by atoms with Gasteiger partial charge >= 0.3 is 0 Å². The van der Waals surface area contributed by atoms with Gasteiger partial charge in [-0.3, -0.25) is 14.6 Å². The van der Waals surface area contributed by atoms with E-state index in [2.05, 4.69) is 30.0 Å². The lowest BCUT2D eigenvalue weighted by Gasteiger charge is -2.27. The molecule has 3 aromatic rings.